The van der Waals surface area contributed by atoms with Gasteiger partial charge in [-0.05, 0) is 6.42 Å². The molecule has 48 valence electrons. The molecule has 1 N–H and O–H groups in total. The highest BCUT2D eigenvalue weighted by atomic mass is 35.5. The highest BCUT2D eigenvalue weighted by molar-refractivity contribution is 6.68. The topological polar surface area (TPSA) is 20.2 Å². The lowest BCUT2D eigenvalue weighted by Crippen LogP contribution is -2.00. The maximum atomic E-state index is 8.30. The van der Waals surface area contributed by atoms with Gasteiger partial charge in [-0.15, -0.1) is 23.2 Å². The molecular formula is C4H8Cl2OSi. The van der Waals surface area contributed by atoms with E-state index in [1.807, 2.05) is 0 Å². The standard InChI is InChI=1S/C4H8Cl2OSi/c5-4(6)8-3-1-2-7/h4,7H,1-3H2. The molecule has 0 aliphatic heterocycles. The number of rotatable bonds is 4. The summed E-state index contributed by atoms with van der Waals surface area (Å²) in [7, 11) is 0.566. The maximum absolute atomic E-state index is 8.30. The normalized spacial score (nSPS) is 10.5. The smallest absolute Gasteiger partial charge is 0.0929 e. The summed E-state index contributed by atoms with van der Waals surface area (Å²) in [6.45, 7) is 0.244. The zero-order valence-corrected chi connectivity index (χ0v) is 6.91. The monoisotopic (exact) mass is 170 g/mol. The number of hydrogen-bond acceptors (Lipinski definition) is 1. The summed E-state index contributed by atoms with van der Waals surface area (Å²) in [6, 6.07) is 0.939. The molecule has 1 nitrogen and oxygen atoms in total. The molecule has 0 amide bonds. The predicted molar refractivity (Wildman–Crippen MR) is 37.8 cm³/mol. The fourth-order valence-electron chi connectivity index (χ4n) is 0.290. The Morgan fingerprint density at radius 2 is 2.12 bits per heavy atom. The fourth-order valence-corrected chi connectivity index (χ4v) is 1.53. The summed E-state index contributed by atoms with van der Waals surface area (Å²) in [6.07, 6.45) is 0.814. The Morgan fingerprint density at radius 3 is 2.50 bits per heavy atom. The summed E-state index contributed by atoms with van der Waals surface area (Å²) in [5.41, 5.74) is 0. The van der Waals surface area contributed by atoms with Crippen LogP contribution in [0, 0.1) is 0 Å². The van der Waals surface area contributed by atoms with Crippen molar-refractivity contribution >= 4 is 32.7 Å². The summed E-state index contributed by atoms with van der Waals surface area (Å²) in [4.78, 5) is 0. The van der Waals surface area contributed by atoms with E-state index < -0.39 is 0 Å². The van der Waals surface area contributed by atoms with E-state index in [0.29, 0.717) is 9.52 Å². The van der Waals surface area contributed by atoms with E-state index in [4.69, 9.17) is 28.3 Å². The lowest BCUT2D eigenvalue weighted by Gasteiger charge is -1.94. The Kier molecular flexibility index (Phi) is 6.44. The van der Waals surface area contributed by atoms with Crippen LogP contribution in [0.2, 0.25) is 6.04 Å². The molecule has 0 aromatic rings. The number of hydrogen-bond donors (Lipinski definition) is 1. The van der Waals surface area contributed by atoms with Crippen LogP contribution in [0.5, 0.6) is 0 Å². The largest absolute Gasteiger partial charge is 0.396 e. The summed E-state index contributed by atoms with van der Waals surface area (Å²) < 4.78 is -0.235. The minimum atomic E-state index is -0.235. The highest BCUT2D eigenvalue weighted by Gasteiger charge is 1.97. The van der Waals surface area contributed by atoms with Crippen LogP contribution < -0.4 is 0 Å². The van der Waals surface area contributed by atoms with Crippen molar-refractivity contribution in [3.05, 3.63) is 0 Å². The third-order valence-corrected chi connectivity index (χ3v) is 2.51. The van der Waals surface area contributed by atoms with Crippen LogP contribution in [-0.2, 0) is 0 Å². The molecule has 0 aliphatic carbocycles. The third-order valence-electron chi connectivity index (χ3n) is 0.634. The number of aliphatic hydroxyl groups is 1. The third kappa shape index (κ3) is 6.76. The average Bonchev–Trinajstić information content (AvgIpc) is 1.66. The van der Waals surface area contributed by atoms with Crippen molar-refractivity contribution in [2.45, 2.75) is 16.9 Å². The number of aliphatic hydroxyl groups excluding tert-OH is 1. The van der Waals surface area contributed by atoms with Crippen LogP contribution in [0.15, 0.2) is 0 Å². The van der Waals surface area contributed by atoms with Crippen LogP contribution in [0.1, 0.15) is 6.42 Å². The molecule has 0 fully saturated rings. The summed E-state index contributed by atoms with van der Waals surface area (Å²) >= 11 is 10.8. The molecule has 0 aromatic carbocycles. The van der Waals surface area contributed by atoms with Crippen molar-refractivity contribution in [2.24, 2.45) is 0 Å². The van der Waals surface area contributed by atoms with Crippen LogP contribution in [0.3, 0.4) is 0 Å². The summed E-state index contributed by atoms with van der Waals surface area (Å²) in [5, 5.41) is 8.30. The Morgan fingerprint density at radius 1 is 1.50 bits per heavy atom. The first-order chi connectivity index (χ1) is 3.77. The van der Waals surface area contributed by atoms with Gasteiger partial charge in [-0.3, -0.25) is 0 Å². The van der Waals surface area contributed by atoms with E-state index in [-0.39, 0.29) is 11.1 Å². The zero-order valence-electron chi connectivity index (χ0n) is 4.40. The highest BCUT2D eigenvalue weighted by Crippen LogP contribution is 2.02. The quantitative estimate of drug-likeness (QED) is 0.383. The molecule has 2 radical (unpaired) electrons. The van der Waals surface area contributed by atoms with Crippen molar-refractivity contribution < 1.29 is 5.11 Å². The molecule has 0 bridgehead atoms. The fraction of sp³-hybridized carbons (Fsp3) is 1.00. The van der Waals surface area contributed by atoms with Gasteiger partial charge < -0.3 is 5.11 Å². The van der Waals surface area contributed by atoms with Crippen molar-refractivity contribution in [3.63, 3.8) is 0 Å². The van der Waals surface area contributed by atoms with Gasteiger partial charge in [0.1, 0.15) is 0 Å². The predicted octanol–water partition coefficient (Wildman–Crippen LogP) is 1.25. The van der Waals surface area contributed by atoms with Gasteiger partial charge in [0, 0.05) is 6.61 Å². The van der Waals surface area contributed by atoms with Gasteiger partial charge in [0.15, 0.2) is 0 Å². The Bertz CT molecular complexity index is 51.3. The first kappa shape index (κ1) is 8.76. The molecule has 0 saturated heterocycles. The number of halogens is 2. The van der Waals surface area contributed by atoms with E-state index in [1.165, 1.54) is 0 Å². The molecule has 0 spiro atoms. The molecular weight excluding hydrogens is 163 g/mol. The molecule has 0 unspecified atom stereocenters. The van der Waals surface area contributed by atoms with E-state index in [2.05, 4.69) is 0 Å². The first-order valence-electron chi connectivity index (χ1n) is 2.39. The SMILES string of the molecule is OCCC[Si]C(Cl)Cl. The minimum Gasteiger partial charge on any atom is -0.396 e. The molecule has 4 heteroatoms. The van der Waals surface area contributed by atoms with Crippen LogP contribution in [0.4, 0.5) is 0 Å². The van der Waals surface area contributed by atoms with Gasteiger partial charge in [0.25, 0.3) is 0 Å². The Hall–Kier alpha value is 0.757. The Balaban J connectivity index is 2.72. The van der Waals surface area contributed by atoms with Crippen LogP contribution in [-0.4, -0.2) is 25.7 Å². The van der Waals surface area contributed by atoms with E-state index >= 15 is 0 Å². The molecule has 8 heavy (non-hydrogen) atoms. The van der Waals surface area contributed by atoms with Crippen molar-refractivity contribution in [2.75, 3.05) is 6.61 Å². The second-order valence-electron chi connectivity index (χ2n) is 1.33. The van der Waals surface area contributed by atoms with Crippen molar-refractivity contribution in [1.82, 2.24) is 0 Å². The number of alkyl halides is 2. The molecule has 0 saturated carbocycles. The molecule has 0 rings (SSSR count). The van der Waals surface area contributed by atoms with Gasteiger partial charge in [0.2, 0.25) is 0 Å². The molecule has 0 atom stereocenters. The second-order valence-corrected chi connectivity index (χ2v) is 4.65. The minimum absolute atomic E-state index is 0.235. The lowest BCUT2D eigenvalue weighted by molar-refractivity contribution is 0.295. The first-order valence-corrected chi connectivity index (χ1v) is 4.55. The van der Waals surface area contributed by atoms with Crippen LogP contribution in [0.25, 0.3) is 0 Å². The molecule has 0 aromatic heterocycles. The van der Waals surface area contributed by atoms with Crippen LogP contribution >= 0.6 is 23.2 Å². The molecule has 0 aliphatic rings. The van der Waals surface area contributed by atoms with E-state index in [1.54, 1.807) is 0 Å². The Labute approximate surface area is 61.8 Å². The van der Waals surface area contributed by atoms with Crippen molar-refractivity contribution in [1.29, 1.82) is 0 Å². The van der Waals surface area contributed by atoms with Gasteiger partial charge in [-0.2, -0.15) is 0 Å². The maximum Gasteiger partial charge on any atom is 0.0929 e. The second kappa shape index (κ2) is 5.89. The molecule has 0 heterocycles. The van der Waals surface area contributed by atoms with E-state index in [9.17, 15) is 0 Å². The average molecular weight is 171 g/mol. The van der Waals surface area contributed by atoms with Gasteiger partial charge in [-0.25, -0.2) is 0 Å². The zero-order chi connectivity index (χ0) is 6.41. The lowest BCUT2D eigenvalue weighted by atomic mass is 10.5. The van der Waals surface area contributed by atoms with Crippen molar-refractivity contribution in [3.8, 4) is 0 Å². The van der Waals surface area contributed by atoms with Gasteiger partial charge in [0.05, 0.1) is 14.0 Å². The summed E-state index contributed by atoms with van der Waals surface area (Å²) in [5.74, 6) is 0. The van der Waals surface area contributed by atoms with E-state index in [0.717, 1.165) is 12.5 Å². The van der Waals surface area contributed by atoms with Gasteiger partial charge >= 0.3 is 0 Å². The van der Waals surface area contributed by atoms with Gasteiger partial charge in [-0.1, -0.05) is 6.04 Å².